The highest BCUT2D eigenvalue weighted by molar-refractivity contribution is 6.20. The molecule has 0 radical (unpaired) electrons. The van der Waals surface area contributed by atoms with Crippen molar-refractivity contribution in [3.8, 4) is 0 Å². The van der Waals surface area contributed by atoms with Gasteiger partial charge in [-0.15, -0.1) is 11.6 Å². The van der Waals surface area contributed by atoms with E-state index in [1.54, 1.807) is 0 Å². The molecule has 2 fully saturated rings. The maximum absolute atomic E-state index is 6.35. The van der Waals surface area contributed by atoms with E-state index in [1.807, 2.05) is 0 Å². The van der Waals surface area contributed by atoms with Crippen molar-refractivity contribution in [1.29, 1.82) is 0 Å². The lowest BCUT2D eigenvalue weighted by Gasteiger charge is -2.27. The van der Waals surface area contributed by atoms with E-state index in [9.17, 15) is 0 Å². The van der Waals surface area contributed by atoms with Crippen LogP contribution in [-0.4, -0.2) is 18.1 Å². The molecule has 0 N–H and O–H groups in total. The summed E-state index contributed by atoms with van der Waals surface area (Å²) in [7, 11) is 0. The molecule has 88 valence electrons. The van der Waals surface area contributed by atoms with Crippen molar-refractivity contribution in [1.82, 2.24) is 0 Å². The second-order valence-electron chi connectivity index (χ2n) is 5.13. The summed E-state index contributed by atoms with van der Waals surface area (Å²) in [4.78, 5) is 0. The molecule has 0 aromatic heterocycles. The Morgan fingerprint density at radius 3 is 2.60 bits per heavy atom. The first-order valence-corrected chi connectivity index (χ1v) is 7.05. The first-order chi connectivity index (χ1) is 7.36. The molecular formula is C13H23ClO. The summed E-state index contributed by atoms with van der Waals surface area (Å²) >= 11 is 6.35. The van der Waals surface area contributed by atoms with Crippen LogP contribution in [0.25, 0.3) is 0 Å². The fraction of sp³-hybridized carbons (Fsp3) is 1.00. The molecule has 3 atom stereocenters. The molecule has 0 bridgehead atoms. The molecule has 2 rings (SSSR count). The van der Waals surface area contributed by atoms with Crippen LogP contribution < -0.4 is 0 Å². The molecule has 1 aliphatic heterocycles. The third-order valence-corrected chi connectivity index (χ3v) is 4.52. The maximum atomic E-state index is 6.35. The van der Waals surface area contributed by atoms with Crippen molar-refractivity contribution in [2.24, 2.45) is 5.92 Å². The van der Waals surface area contributed by atoms with E-state index in [1.165, 1.54) is 57.8 Å². The molecule has 2 aliphatic rings. The second kappa shape index (κ2) is 6.10. The summed E-state index contributed by atoms with van der Waals surface area (Å²) in [6.07, 6.45) is 12.4. The number of alkyl halides is 1. The van der Waals surface area contributed by atoms with Crippen molar-refractivity contribution in [3.63, 3.8) is 0 Å². The lowest BCUT2D eigenvalue weighted by atomic mass is 9.85. The Hall–Kier alpha value is 0.250. The van der Waals surface area contributed by atoms with Crippen LogP contribution in [0.1, 0.15) is 57.8 Å². The van der Waals surface area contributed by atoms with E-state index in [4.69, 9.17) is 16.3 Å². The summed E-state index contributed by atoms with van der Waals surface area (Å²) < 4.78 is 5.64. The lowest BCUT2D eigenvalue weighted by Crippen LogP contribution is -2.20. The van der Waals surface area contributed by atoms with Gasteiger partial charge in [-0.1, -0.05) is 19.3 Å². The molecular weight excluding hydrogens is 208 g/mol. The summed E-state index contributed by atoms with van der Waals surface area (Å²) in [6, 6.07) is 0. The molecule has 1 saturated carbocycles. The topological polar surface area (TPSA) is 9.23 Å². The van der Waals surface area contributed by atoms with Crippen molar-refractivity contribution in [2.45, 2.75) is 69.3 Å². The molecule has 3 unspecified atom stereocenters. The first kappa shape index (κ1) is 11.7. The van der Waals surface area contributed by atoms with Crippen LogP contribution in [0.15, 0.2) is 0 Å². The molecule has 2 heteroatoms. The Balaban J connectivity index is 1.59. The van der Waals surface area contributed by atoms with Gasteiger partial charge in [0.05, 0.1) is 6.10 Å². The third-order valence-electron chi connectivity index (χ3n) is 3.94. The van der Waals surface area contributed by atoms with Crippen molar-refractivity contribution < 1.29 is 4.74 Å². The van der Waals surface area contributed by atoms with Gasteiger partial charge in [0.25, 0.3) is 0 Å². The van der Waals surface area contributed by atoms with Crippen molar-refractivity contribution >= 4 is 11.6 Å². The van der Waals surface area contributed by atoms with E-state index in [-0.39, 0.29) is 0 Å². The summed E-state index contributed by atoms with van der Waals surface area (Å²) in [5.74, 6) is 0.793. The van der Waals surface area contributed by atoms with Gasteiger partial charge >= 0.3 is 0 Å². The van der Waals surface area contributed by atoms with E-state index < -0.39 is 0 Å². The Kier molecular flexibility index (Phi) is 4.77. The Morgan fingerprint density at radius 1 is 1.00 bits per heavy atom. The largest absolute Gasteiger partial charge is 0.378 e. The van der Waals surface area contributed by atoms with Gasteiger partial charge in [-0.05, 0) is 44.4 Å². The smallest absolute Gasteiger partial charge is 0.0576 e. The van der Waals surface area contributed by atoms with Gasteiger partial charge in [0, 0.05) is 12.0 Å². The van der Waals surface area contributed by atoms with Gasteiger partial charge in [0.2, 0.25) is 0 Å². The normalized spacial score (nSPS) is 37.0. The first-order valence-electron chi connectivity index (χ1n) is 6.62. The fourth-order valence-corrected chi connectivity index (χ4v) is 3.37. The molecule has 1 nitrogen and oxygen atoms in total. The molecule has 1 aliphatic carbocycles. The fourth-order valence-electron chi connectivity index (χ4n) is 2.97. The average molecular weight is 231 g/mol. The minimum atomic E-state index is 0.461. The summed E-state index contributed by atoms with van der Waals surface area (Å²) in [5.41, 5.74) is 0. The number of hydrogen-bond donors (Lipinski definition) is 0. The second-order valence-corrected chi connectivity index (χ2v) is 5.69. The highest BCUT2D eigenvalue weighted by Crippen LogP contribution is 2.32. The highest BCUT2D eigenvalue weighted by atomic mass is 35.5. The highest BCUT2D eigenvalue weighted by Gasteiger charge is 2.23. The van der Waals surface area contributed by atoms with E-state index >= 15 is 0 Å². The van der Waals surface area contributed by atoms with Crippen LogP contribution in [0.5, 0.6) is 0 Å². The Bertz CT molecular complexity index is 177. The van der Waals surface area contributed by atoms with Gasteiger partial charge in [-0.2, -0.15) is 0 Å². The predicted molar refractivity (Wildman–Crippen MR) is 64.4 cm³/mol. The van der Waals surface area contributed by atoms with E-state index in [2.05, 4.69) is 0 Å². The van der Waals surface area contributed by atoms with Crippen LogP contribution >= 0.6 is 11.6 Å². The lowest BCUT2D eigenvalue weighted by molar-refractivity contribution is 0.100. The zero-order valence-corrected chi connectivity index (χ0v) is 10.3. The van der Waals surface area contributed by atoms with Gasteiger partial charge in [-0.3, -0.25) is 0 Å². The van der Waals surface area contributed by atoms with Crippen LogP contribution in [0, 0.1) is 5.92 Å². The molecule has 1 saturated heterocycles. The van der Waals surface area contributed by atoms with Gasteiger partial charge in [0.1, 0.15) is 0 Å². The van der Waals surface area contributed by atoms with Gasteiger partial charge < -0.3 is 4.74 Å². The van der Waals surface area contributed by atoms with Gasteiger partial charge in [0.15, 0.2) is 0 Å². The van der Waals surface area contributed by atoms with Crippen molar-refractivity contribution in [2.75, 3.05) is 6.61 Å². The average Bonchev–Trinajstić information content (AvgIpc) is 2.74. The maximum Gasteiger partial charge on any atom is 0.0576 e. The van der Waals surface area contributed by atoms with Crippen LogP contribution in [0.3, 0.4) is 0 Å². The zero-order chi connectivity index (χ0) is 10.5. The number of halogens is 1. The SMILES string of the molecule is ClC1CCCCC1CCCC1CCCO1. The van der Waals surface area contributed by atoms with Crippen LogP contribution in [-0.2, 0) is 4.74 Å². The zero-order valence-electron chi connectivity index (χ0n) is 9.59. The number of ether oxygens (including phenoxy) is 1. The predicted octanol–water partition coefficient (Wildman–Crippen LogP) is 4.13. The standard InChI is InChI=1S/C13H23ClO/c14-13-9-2-1-5-11(13)6-3-7-12-8-4-10-15-12/h11-13H,1-10H2. The quantitative estimate of drug-likeness (QED) is 0.660. The summed E-state index contributed by atoms with van der Waals surface area (Å²) in [6.45, 7) is 0.992. The minimum Gasteiger partial charge on any atom is -0.378 e. The van der Waals surface area contributed by atoms with Crippen molar-refractivity contribution in [3.05, 3.63) is 0 Å². The van der Waals surface area contributed by atoms with Crippen LogP contribution in [0.4, 0.5) is 0 Å². The van der Waals surface area contributed by atoms with Gasteiger partial charge in [-0.25, -0.2) is 0 Å². The van der Waals surface area contributed by atoms with E-state index in [0.29, 0.717) is 11.5 Å². The monoisotopic (exact) mass is 230 g/mol. The minimum absolute atomic E-state index is 0.461. The third kappa shape index (κ3) is 3.64. The van der Waals surface area contributed by atoms with E-state index in [0.717, 1.165) is 12.5 Å². The number of rotatable bonds is 4. The molecule has 0 amide bonds. The Morgan fingerprint density at radius 2 is 1.87 bits per heavy atom. The Labute approximate surface area is 98.5 Å². The molecule has 0 spiro atoms. The van der Waals surface area contributed by atoms with Crippen LogP contribution in [0.2, 0.25) is 0 Å². The number of hydrogen-bond acceptors (Lipinski definition) is 1. The molecule has 0 aromatic carbocycles. The molecule has 15 heavy (non-hydrogen) atoms. The molecule has 1 heterocycles. The molecule has 0 aromatic rings. The summed E-state index contributed by atoms with van der Waals surface area (Å²) in [5, 5.41) is 0.461.